The first-order valence-electron chi connectivity index (χ1n) is 6.68. The minimum absolute atomic E-state index is 0.00998. The Morgan fingerprint density at radius 2 is 2.04 bits per heavy atom. The zero-order chi connectivity index (χ0) is 16.6. The number of rotatable bonds is 2. The van der Waals surface area contributed by atoms with Gasteiger partial charge in [-0.2, -0.15) is 0 Å². The Morgan fingerprint density at radius 1 is 1.26 bits per heavy atom. The number of aromatic nitrogens is 2. The van der Waals surface area contributed by atoms with Gasteiger partial charge in [0.05, 0.1) is 11.7 Å². The van der Waals surface area contributed by atoms with Gasteiger partial charge < -0.3 is 9.88 Å². The topological polar surface area (TPSA) is 64.0 Å². The number of fused-ring (bicyclic) bond motifs is 1. The van der Waals surface area contributed by atoms with E-state index in [1.165, 1.54) is 22.8 Å². The summed E-state index contributed by atoms with van der Waals surface area (Å²) >= 11 is 3.36. The molecule has 0 bridgehead atoms. The Bertz CT molecular complexity index is 967. The van der Waals surface area contributed by atoms with Crippen molar-refractivity contribution >= 4 is 38.6 Å². The molecule has 0 aliphatic rings. The van der Waals surface area contributed by atoms with E-state index >= 15 is 0 Å². The summed E-state index contributed by atoms with van der Waals surface area (Å²) in [7, 11) is 1.60. The summed E-state index contributed by atoms with van der Waals surface area (Å²) in [5, 5.41) is 3.24. The van der Waals surface area contributed by atoms with E-state index in [1.54, 1.807) is 13.1 Å². The third-order valence-electron chi connectivity index (χ3n) is 3.40. The molecule has 0 aliphatic heterocycles. The van der Waals surface area contributed by atoms with Crippen molar-refractivity contribution in [3.05, 3.63) is 68.8 Å². The van der Waals surface area contributed by atoms with Crippen LogP contribution in [-0.2, 0) is 7.05 Å². The van der Waals surface area contributed by atoms with Crippen LogP contribution in [0.5, 0.6) is 0 Å². The van der Waals surface area contributed by atoms with E-state index in [9.17, 15) is 14.0 Å². The number of carbonyl (C=O) groups excluding carboxylic acids is 1. The maximum atomic E-state index is 12.8. The molecular weight excluding hydrogens is 365 g/mol. The number of halogens is 2. The molecule has 3 rings (SSSR count). The highest BCUT2D eigenvalue weighted by molar-refractivity contribution is 9.10. The molecule has 0 saturated carbocycles. The van der Waals surface area contributed by atoms with E-state index < -0.39 is 17.3 Å². The van der Waals surface area contributed by atoms with Crippen molar-refractivity contribution in [3.63, 3.8) is 0 Å². The predicted molar refractivity (Wildman–Crippen MR) is 89.0 cm³/mol. The molecule has 23 heavy (non-hydrogen) atoms. The summed E-state index contributed by atoms with van der Waals surface area (Å²) in [4.78, 5) is 28.4. The van der Waals surface area contributed by atoms with Crippen LogP contribution in [0.4, 0.5) is 10.2 Å². The molecule has 3 aromatic rings. The van der Waals surface area contributed by atoms with Crippen molar-refractivity contribution in [2.75, 3.05) is 5.32 Å². The number of nitrogens with one attached hydrogen (secondary N) is 1. The van der Waals surface area contributed by atoms with Gasteiger partial charge in [0.2, 0.25) is 0 Å². The molecule has 1 amide bonds. The predicted octanol–water partition coefficient (Wildman–Crippen LogP) is 3.09. The van der Waals surface area contributed by atoms with Crippen molar-refractivity contribution in [2.24, 2.45) is 7.05 Å². The molecule has 0 aliphatic carbocycles. The normalized spacial score (nSPS) is 10.7. The molecule has 0 fully saturated rings. The van der Waals surface area contributed by atoms with Crippen LogP contribution in [0.1, 0.15) is 10.4 Å². The van der Waals surface area contributed by atoms with E-state index in [1.807, 2.05) is 12.1 Å². The van der Waals surface area contributed by atoms with Crippen LogP contribution >= 0.6 is 15.9 Å². The summed E-state index contributed by atoms with van der Waals surface area (Å²) in [5.41, 5.74) is 0.290. The minimum atomic E-state index is -0.591. The number of aryl methyl sites for hydroxylation is 1. The number of benzene rings is 1. The van der Waals surface area contributed by atoms with Crippen LogP contribution in [0.25, 0.3) is 10.9 Å². The zero-order valence-corrected chi connectivity index (χ0v) is 13.6. The van der Waals surface area contributed by atoms with Crippen molar-refractivity contribution in [1.29, 1.82) is 0 Å². The molecular formula is C16H11BrFN3O2. The third kappa shape index (κ3) is 3.00. The lowest BCUT2D eigenvalue weighted by Gasteiger charge is -2.09. The number of pyridine rings is 2. The molecule has 0 unspecified atom stereocenters. The number of anilines is 1. The zero-order valence-electron chi connectivity index (χ0n) is 12.0. The van der Waals surface area contributed by atoms with Gasteiger partial charge >= 0.3 is 0 Å². The molecule has 0 atom stereocenters. The fraction of sp³-hybridized carbons (Fsp3) is 0.0625. The molecule has 7 heteroatoms. The van der Waals surface area contributed by atoms with Crippen LogP contribution in [0.2, 0.25) is 0 Å². The molecule has 116 valence electrons. The highest BCUT2D eigenvalue weighted by Crippen LogP contribution is 2.19. The van der Waals surface area contributed by atoms with Gasteiger partial charge in [-0.25, -0.2) is 9.37 Å². The third-order valence-corrected chi connectivity index (χ3v) is 3.89. The molecule has 0 saturated heterocycles. The molecule has 0 spiro atoms. The summed E-state index contributed by atoms with van der Waals surface area (Å²) in [6.07, 6.45) is 0.991. The fourth-order valence-electron chi connectivity index (χ4n) is 2.25. The van der Waals surface area contributed by atoms with Gasteiger partial charge in [-0.05, 0) is 36.4 Å². The smallest absolute Gasteiger partial charge is 0.263 e. The van der Waals surface area contributed by atoms with E-state index in [4.69, 9.17) is 0 Å². The van der Waals surface area contributed by atoms with Gasteiger partial charge in [-0.3, -0.25) is 9.59 Å². The lowest BCUT2D eigenvalue weighted by atomic mass is 10.1. The minimum Gasteiger partial charge on any atom is -0.311 e. The monoisotopic (exact) mass is 375 g/mol. The van der Waals surface area contributed by atoms with E-state index in [-0.39, 0.29) is 11.4 Å². The molecule has 1 N–H and O–H groups in total. The second-order valence-corrected chi connectivity index (χ2v) is 5.86. The van der Waals surface area contributed by atoms with Gasteiger partial charge in [0.25, 0.3) is 11.5 Å². The first kappa shape index (κ1) is 15.4. The Hall–Kier alpha value is -2.54. The fourth-order valence-corrected chi connectivity index (χ4v) is 2.63. The lowest BCUT2D eigenvalue weighted by Crippen LogP contribution is -2.28. The molecule has 0 radical (unpaired) electrons. The summed E-state index contributed by atoms with van der Waals surface area (Å²) < 4.78 is 15.1. The number of carbonyl (C=O) groups is 1. The largest absolute Gasteiger partial charge is 0.311 e. The summed E-state index contributed by atoms with van der Waals surface area (Å²) in [6, 6.07) is 9.48. The van der Waals surface area contributed by atoms with E-state index in [0.717, 1.165) is 21.6 Å². The Labute approximate surface area is 138 Å². The summed E-state index contributed by atoms with van der Waals surface area (Å²) in [6.45, 7) is 0. The number of nitrogens with zero attached hydrogens (tertiary/aromatic N) is 2. The lowest BCUT2D eigenvalue weighted by molar-refractivity contribution is 0.102. The summed E-state index contributed by atoms with van der Waals surface area (Å²) in [5.74, 6) is -0.922. The van der Waals surface area contributed by atoms with Gasteiger partial charge in [0.1, 0.15) is 17.2 Å². The van der Waals surface area contributed by atoms with Gasteiger partial charge in [-0.15, -0.1) is 0 Å². The molecule has 2 heterocycles. The molecule has 1 aromatic carbocycles. The average Bonchev–Trinajstić information content (AvgIpc) is 2.52. The maximum Gasteiger partial charge on any atom is 0.263 e. The Balaban J connectivity index is 2.04. The van der Waals surface area contributed by atoms with E-state index in [0.29, 0.717) is 0 Å². The van der Waals surface area contributed by atoms with Crippen LogP contribution in [0.15, 0.2) is 51.9 Å². The van der Waals surface area contributed by atoms with Crippen molar-refractivity contribution in [3.8, 4) is 0 Å². The molecule has 5 nitrogen and oxygen atoms in total. The number of hydrogen-bond donors (Lipinski definition) is 1. The number of amides is 1. The van der Waals surface area contributed by atoms with Crippen LogP contribution in [0, 0.1) is 5.82 Å². The van der Waals surface area contributed by atoms with Crippen LogP contribution in [0.3, 0.4) is 0 Å². The molecule has 2 aromatic heterocycles. The SMILES string of the molecule is Cn1c(=O)c(C(=O)Nc2ccc(F)cn2)cc2cc(Br)ccc21. The average molecular weight is 376 g/mol. The highest BCUT2D eigenvalue weighted by Gasteiger charge is 2.15. The van der Waals surface area contributed by atoms with Crippen LogP contribution in [-0.4, -0.2) is 15.5 Å². The van der Waals surface area contributed by atoms with Crippen LogP contribution < -0.4 is 10.9 Å². The van der Waals surface area contributed by atoms with Crippen molar-refractivity contribution < 1.29 is 9.18 Å². The van der Waals surface area contributed by atoms with Gasteiger partial charge in [-0.1, -0.05) is 15.9 Å². The van der Waals surface area contributed by atoms with Crippen molar-refractivity contribution in [1.82, 2.24) is 9.55 Å². The standard InChI is InChI=1S/C16H11BrFN3O2/c1-21-13-4-2-10(17)6-9(13)7-12(16(21)23)15(22)20-14-5-3-11(18)8-19-14/h2-8H,1H3,(H,19,20,22). The van der Waals surface area contributed by atoms with Gasteiger partial charge in [0, 0.05) is 16.9 Å². The van der Waals surface area contributed by atoms with Gasteiger partial charge in [0.15, 0.2) is 0 Å². The van der Waals surface area contributed by atoms with E-state index in [2.05, 4.69) is 26.2 Å². The maximum absolute atomic E-state index is 12.8. The second-order valence-electron chi connectivity index (χ2n) is 4.94. The Morgan fingerprint density at radius 3 is 2.74 bits per heavy atom. The second kappa shape index (κ2) is 5.92. The highest BCUT2D eigenvalue weighted by atomic mass is 79.9. The van der Waals surface area contributed by atoms with Crippen molar-refractivity contribution in [2.45, 2.75) is 0 Å². The number of hydrogen-bond acceptors (Lipinski definition) is 3. The first-order chi connectivity index (χ1) is 11.0. The Kier molecular flexibility index (Phi) is 3.96. The first-order valence-corrected chi connectivity index (χ1v) is 7.47. The quantitative estimate of drug-likeness (QED) is 0.748.